The predicted molar refractivity (Wildman–Crippen MR) is 186 cm³/mol. The number of methoxy groups -OCH3 is 1. The number of carbonyl (C=O) groups is 2. The summed E-state index contributed by atoms with van der Waals surface area (Å²) in [6.07, 6.45) is 2.91. The van der Waals surface area contributed by atoms with Gasteiger partial charge in [-0.15, -0.1) is 0 Å². The van der Waals surface area contributed by atoms with Gasteiger partial charge in [-0.2, -0.15) is 0 Å². The summed E-state index contributed by atoms with van der Waals surface area (Å²) < 4.78 is 35.3. The van der Waals surface area contributed by atoms with E-state index >= 15 is 4.39 Å². The molecule has 4 heterocycles. The van der Waals surface area contributed by atoms with Gasteiger partial charge in [-0.1, -0.05) is 18.2 Å². The van der Waals surface area contributed by atoms with Gasteiger partial charge in [-0.05, 0) is 108 Å². The molecule has 4 aromatic rings. The number of fused-ring (bicyclic) bond motifs is 2. The Morgan fingerprint density at radius 2 is 1.92 bits per heavy atom. The Morgan fingerprint density at radius 1 is 1.16 bits per heavy atom. The minimum atomic E-state index is -1.39. The lowest BCUT2D eigenvalue weighted by atomic mass is 9.37. The van der Waals surface area contributed by atoms with Crippen LogP contribution in [-0.2, 0) is 23.0 Å². The average Bonchev–Trinajstić information content (AvgIpc) is 3.38. The summed E-state index contributed by atoms with van der Waals surface area (Å²) in [5.41, 5.74) is 4.92. The zero-order valence-corrected chi connectivity index (χ0v) is 29.7. The molecule has 0 radical (unpaired) electrons. The van der Waals surface area contributed by atoms with E-state index in [1.54, 1.807) is 39.4 Å². The summed E-state index contributed by atoms with van der Waals surface area (Å²) in [6, 6.07) is 11.7. The maximum absolute atomic E-state index is 15.8. The number of carbonyl (C=O) groups excluding carboxylic acids is 1. The van der Waals surface area contributed by atoms with Gasteiger partial charge in [-0.25, -0.2) is 14.2 Å². The van der Waals surface area contributed by atoms with Crippen LogP contribution in [-0.4, -0.2) is 62.8 Å². The molecule has 4 aliphatic rings. The van der Waals surface area contributed by atoms with Gasteiger partial charge in [0.15, 0.2) is 17.7 Å². The lowest BCUT2D eigenvalue weighted by molar-refractivity contribution is -0.255. The number of amides is 1. The topological polar surface area (TPSA) is 103 Å². The zero-order valence-electron chi connectivity index (χ0n) is 29.7. The molecule has 1 N–H and O–H groups in total. The summed E-state index contributed by atoms with van der Waals surface area (Å²) in [7, 11) is 3.53. The number of hydrogen-bond acceptors (Lipinski definition) is 6. The molecule has 1 saturated heterocycles. The van der Waals surface area contributed by atoms with E-state index in [2.05, 4.69) is 17.0 Å². The summed E-state index contributed by atoms with van der Waals surface area (Å²) in [6.45, 7) is 9.53. The molecule has 1 spiro atoms. The van der Waals surface area contributed by atoms with Gasteiger partial charge >= 0.3 is 5.97 Å². The van der Waals surface area contributed by atoms with Crippen LogP contribution >= 0.6 is 0 Å². The van der Waals surface area contributed by atoms with Crippen LogP contribution in [0, 0.1) is 25.1 Å². The molecule has 1 unspecified atom stereocenters. The van der Waals surface area contributed by atoms with Crippen LogP contribution in [0.1, 0.15) is 96.9 Å². The zero-order chi connectivity index (χ0) is 35.4. The van der Waals surface area contributed by atoms with Gasteiger partial charge in [0, 0.05) is 52.3 Å². The highest BCUT2D eigenvalue weighted by Gasteiger charge is 2.76. The third-order valence-electron chi connectivity index (χ3n) is 11.9. The quantitative estimate of drug-likeness (QED) is 0.216. The molecule has 2 saturated carbocycles. The Kier molecular flexibility index (Phi) is 7.39. The fourth-order valence-corrected chi connectivity index (χ4v) is 9.60. The molecule has 9 nitrogen and oxygen atoms in total. The first-order valence-electron chi connectivity index (χ1n) is 17.6. The second kappa shape index (κ2) is 11.3. The van der Waals surface area contributed by atoms with Crippen molar-refractivity contribution in [3.05, 3.63) is 75.9 Å². The number of likely N-dealkylation sites (tertiary alicyclic amines) is 1. The van der Waals surface area contributed by atoms with Crippen molar-refractivity contribution in [2.75, 3.05) is 13.7 Å². The van der Waals surface area contributed by atoms with Crippen molar-refractivity contribution in [3.8, 4) is 22.6 Å². The van der Waals surface area contributed by atoms with Crippen LogP contribution < -0.4 is 9.47 Å². The molecule has 50 heavy (non-hydrogen) atoms. The van der Waals surface area contributed by atoms with Crippen LogP contribution in [0.2, 0.25) is 0 Å². The summed E-state index contributed by atoms with van der Waals surface area (Å²) in [5.74, 6) is -0.245. The number of halogens is 1. The van der Waals surface area contributed by atoms with Gasteiger partial charge < -0.3 is 28.8 Å². The van der Waals surface area contributed by atoms with Gasteiger partial charge in [0.05, 0.1) is 19.3 Å². The first-order chi connectivity index (χ1) is 23.8. The van der Waals surface area contributed by atoms with E-state index in [0.717, 1.165) is 42.6 Å². The van der Waals surface area contributed by atoms with Gasteiger partial charge in [-0.3, -0.25) is 4.79 Å². The maximum Gasteiger partial charge on any atom is 0.337 e. The Balaban J connectivity index is 1.26. The number of aliphatic carboxylic acids is 1. The van der Waals surface area contributed by atoms with Crippen molar-refractivity contribution in [2.24, 2.45) is 12.5 Å². The third-order valence-corrected chi connectivity index (χ3v) is 11.9. The van der Waals surface area contributed by atoms with Crippen molar-refractivity contribution in [1.82, 2.24) is 14.5 Å². The number of benzene rings is 2. The van der Waals surface area contributed by atoms with Crippen LogP contribution in [0.3, 0.4) is 0 Å². The highest BCUT2D eigenvalue weighted by molar-refractivity contribution is 6.05. The highest BCUT2D eigenvalue weighted by Crippen LogP contribution is 2.74. The first kappa shape index (κ1) is 32.7. The van der Waals surface area contributed by atoms with E-state index in [-0.39, 0.29) is 29.2 Å². The number of pyridine rings is 1. The van der Waals surface area contributed by atoms with Crippen molar-refractivity contribution >= 4 is 22.9 Å². The minimum Gasteiger partial charge on any atom is -0.496 e. The number of ether oxygens (including phenoxy) is 3. The van der Waals surface area contributed by atoms with E-state index in [1.165, 1.54) is 11.6 Å². The van der Waals surface area contributed by atoms with Gasteiger partial charge in [0.1, 0.15) is 17.1 Å². The molecule has 2 aromatic carbocycles. The highest BCUT2D eigenvalue weighted by atomic mass is 19.1. The van der Waals surface area contributed by atoms with Gasteiger partial charge in [0.25, 0.3) is 5.91 Å². The Labute approximate surface area is 291 Å². The largest absolute Gasteiger partial charge is 0.496 e. The second-order valence-electron chi connectivity index (χ2n) is 15.5. The number of hydrogen-bond donors (Lipinski definition) is 1. The number of para-hydroxylation sites is 1. The molecule has 0 bridgehead atoms. The third kappa shape index (κ3) is 4.49. The van der Waals surface area contributed by atoms with E-state index in [1.807, 2.05) is 32.2 Å². The molecule has 262 valence electrons. The Hall–Kier alpha value is -4.44. The lowest BCUT2D eigenvalue weighted by Crippen LogP contribution is -2.85. The molecule has 8 rings (SSSR count). The standard InChI is InChI=1S/C40H44FN3O6/c1-20-22-12-10-16-49-34(22)27(41)17-24(20)33-25-18-28(43(6)36(25)42-21(2)32(33)35(38(46)47)50-39(3,4)5)37(45)44-30-14-15-40(30)26(19-31(40)44)23-11-8-9-13-29(23)48-7/h8-9,11,13,17-18,26,30-31,35H,10,12,14-16,19H2,1-7H3,(H,46,47)/t26-,30+,31+,35-,40?/m0/s1. The summed E-state index contributed by atoms with van der Waals surface area (Å²) in [4.78, 5) is 34.5. The van der Waals surface area contributed by atoms with E-state index in [9.17, 15) is 14.7 Å². The first-order valence-corrected chi connectivity index (χ1v) is 17.6. The molecule has 2 aliphatic carbocycles. The number of nitrogens with zero attached hydrogens (tertiary/aromatic N) is 3. The monoisotopic (exact) mass is 681 g/mol. The van der Waals surface area contributed by atoms with Crippen molar-refractivity contribution < 1.29 is 33.3 Å². The summed E-state index contributed by atoms with van der Waals surface area (Å²) >= 11 is 0. The lowest BCUT2D eigenvalue weighted by Gasteiger charge is -2.79. The molecule has 2 aromatic heterocycles. The number of aromatic nitrogens is 2. The van der Waals surface area contributed by atoms with Crippen LogP contribution in [0.4, 0.5) is 4.39 Å². The molecule has 2 aliphatic heterocycles. The average molecular weight is 682 g/mol. The van der Waals surface area contributed by atoms with Gasteiger partial charge in [0.2, 0.25) is 0 Å². The molecule has 1 amide bonds. The molecular weight excluding hydrogens is 637 g/mol. The number of piperidine rings is 2. The number of carboxylic acid groups (broad SMARTS) is 1. The van der Waals surface area contributed by atoms with Crippen molar-refractivity contribution in [1.29, 1.82) is 0 Å². The van der Waals surface area contributed by atoms with Crippen LogP contribution in [0.5, 0.6) is 11.5 Å². The number of aryl methyl sites for hydroxylation is 2. The van der Waals surface area contributed by atoms with Crippen LogP contribution in [0.25, 0.3) is 22.2 Å². The fraction of sp³-hybridized carbons (Fsp3) is 0.475. The number of carboxylic acids is 1. The van der Waals surface area contributed by atoms with E-state index in [4.69, 9.17) is 19.2 Å². The SMILES string of the molecule is COc1ccccc1[C@@H]1C[C@H]2N(C(=O)c3cc4c(-c5cc(F)c6c(c5C)CCCO6)c([C@H](OC(C)(C)C)C(=O)O)c(C)nc4n3C)[C@@H]3CCC132. The Bertz CT molecular complexity index is 2090. The smallest absolute Gasteiger partial charge is 0.337 e. The molecule has 3 fully saturated rings. The summed E-state index contributed by atoms with van der Waals surface area (Å²) in [5, 5.41) is 11.2. The maximum atomic E-state index is 15.8. The normalized spacial score (nSPS) is 24.2. The van der Waals surface area contributed by atoms with Crippen molar-refractivity contribution in [3.63, 3.8) is 0 Å². The van der Waals surface area contributed by atoms with E-state index in [0.29, 0.717) is 58.1 Å². The van der Waals surface area contributed by atoms with E-state index < -0.39 is 23.5 Å². The molecule has 10 heteroatoms. The number of rotatable bonds is 7. The Morgan fingerprint density at radius 3 is 2.58 bits per heavy atom. The minimum absolute atomic E-state index is 0.0677. The van der Waals surface area contributed by atoms with Crippen molar-refractivity contribution in [2.45, 2.75) is 96.4 Å². The predicted octanol–water partition coefficient (Wildman–Crippen LogP) is 7.43. The molecular formula is C40H44FN3O6. The second-order valence-corrected chi connectivity index (χ2v) is 15.5. The fourth-order valence-electron chi connectivity index (χ4n) is 9.60. The van der Waals surface area contributed by atoms with Crippen LogP contribution in [0.15, 0.2) is 36.4 Å². The molecule has 5 atom stereocenters.